The van der Waals surface area contributed by atoms with E-state index in [2.05, 4.69) is 12.1 Å². The number of rotatable bonds is 6. The van der Waals surface area contributed by atoms with Gasteiger partial charge in [-0.1, -0.05) is 42.5 Å². The summed E-state index contributed by atoms with van der Waals surface area (Å²) in [7, 11) is 1.66. The van der Waals surface area contributed by atoms with Crippen molar-refractivity contribution in [2.45, 2.75) is 13.3 Å². The van der Waals surface area contributed by atoms with Gasteiger partial charge in [-0.15, -0.1) is 0 Å². The van der Waals surface area contributed by atoms with Gasteiger partial charge in [-0.3, -0.25) is 0 Å². The van der Waals surface area contributed by atoms with Gasteiger partial charge in [-0.05, 0) is 30.2 Å². The molecule has 3 heteroatoms. The molecule has 3 nitrogen and oxygen atoms in total. The molecule has 0 saturated heterocycles. The third-order valence-electron chi connectivity index (χ3n) is 3.30. The average molecular weight is 296 g/mol. The number of carbonyl (C=O) groups excluding carboxylic acids is 1. The Bertz CT molecular complexity index is 645. The fourth-order valence-corrected chi connectivity index (χ4v) is 2.27. The normalized spacial score (nSPS) is 10.6. The van der Waals surface area contributed by atoms with Crippen LogP contribution in [-0.4, -0.2) is 19.7 Å². The van der Waals surface area contributed by atoms with Crippen LogP contribution in [0.5, 0.6) is 5.75 Å². The predicted octanol–water partition coefficient (Wildman–Crippen LogP) is 3.86. The van der Waals surface area contributed by atoms with Gasteiger partial charge in [0.05, 0.1) is 13.7 Å². The first-order valence-electron chi connectivity index (χ1n) is 7.29. The Hall–Kier alpha value is -2.55. The Labute approximate surface area is 131 Å². The van der Waals surface area contributed by atoms with Gasteiger partial charge in [0.15, 0.2) is 0 Å². The van der Waals surface area contributed by atoms with Crippen LogP contribution in [0.4, 0.5) is 0 Å². The van der Waals surface area contributed by atoms with Gasteiger partial charge in [0.2, 0.25) is 0 Å². The molecule has 2 aromatic carbocycles. The molecule has 0 aromatic heterocycles. The molecule has 0 atom stereocenters. The molecular formula is C19H20O3. The van der Waals surface area contributed by atoms with Gasteiger partial charge < -0.3 is 9.47 Å². The minimum absolute atomic E-state index is 0.337. The Morgan fingerprint density at radius 1 is 1.09 bits per heavy atom. The summed E-state index contributed by atoms with van der Waals surface area (Å²) < 4.78 is 10.4. The smallest absolute Gasteiger partial charge is 0.330 e. The highest BCUT2D eigenvalue weighted by Crippen LogP contribution is 2.26. The van der Waals surface area contributed by atoms with E-state index in [1.807, 2.05) is 36.4 Å². The van der Waals surface area contributed by atoms with Gasteiger partial charge in [-0.2, -0.15) is 0 Å². The van der Waals surface area contributed by atoms with E-state index in [1.165, 1.54) is 11.6 Å². The molecule has 0 aliphatic carbocycles. The fourth-order valence-electron chi connectivity index (χ4n) is 2.27. The van der Waals surface area contributed by atoms with E-state index in [9.17, 15) is 4.79 Å². The molecule has 0 spiro atoms. The highest BCUT2D eigenvalue weighted by Gasteiger charge is 2.08. The molecule has 0 amide bonds. The first-order valence-corrected chi connectivity index (χ1v) is 7.29. The summed E-state index contributed by atoms with van der Waals surface area (Å²) >= 11 is 0. The van der Waals surface area contributed by atoms with E-state index in [-0.39, 0.29) is 5.97 Å². The second-order valence-electron chi connectivity index (χ2n) is 4.78. The van der Waals surface area contributed by atoms with E-state index < -0.39 is 0 Å². The molecule has 0 bridgehead atoms. The van der Waals surface area contributed by atoms with Crippen molar-refractivity contribution in [1.82, 2.24) is 0 Å². The molecule has 2 aromatic rings. The summed E-state index contributed by atoms with van der Waals surface area (Å²) in [5.41, 5.74) is 3.20. The average Bonchev–Trinajstić information content (AvgIpc) is 2.55. The molecule has 0 aliphatic heterocycles. The SMILES string of the molecule is CCOC(=O)/C=C\c1cccc(OC)c1Cc1ccccc1. The van der Waals surface area contributed by atoms with Gasteiger partial charge in [0, 0.05) is 18.1 Å². The number of benzene rings is 2. The third-order valence-corrected chi connectivity index (χ3v) is 3.30. The molecule has 22 heavy (non-hydrogen) atoms. The Morgan fingerprint density at radius 2 is 1.86 bits per heavy atom. The predicted molar refractivity (Wildman–Crippen MR) is 87.9 cm³/mol. The van der Waals surface area contributed by atoms with Crippen LogP contribution in [0, 0.1) is 0 Å². The van der Waals surface area contributed by atoms with Crippen molar-refractivity contribution in [2.75, 3.05) is 13.7 Å². The summed E-state index contributed by atoms with van der Waals surface area (Å²) in [5, 5.41) is 0. The van der Waals surface area contributed by atoms with Crippen molar-refractivity contribution in [3.63, 3.8) is 0 Å². The zero-order chi connectivity index (χ0) is 15.8. The van der Waals surface area contributed by atoms with Crippen molar-refractivity contribution >= 4 is 12.0 Å². The van der Waals surface area contributed by atoms with E-state index >= 15 is 0 Å². The fraction of sp³-hybridized carbons (Fsp3) is 0.211. The number of methoxy groups -OCH3 is 1. The van der Waals surface area contributed by atoms with Crippen molar-refractivity contribution < 1.29 is 14.3 Å². The van der Waals surface area contributed by atoms with Crippen LogP contribution in [0.3, 0.4) is 0 Å². The maximum atomic E-state index is 11.5. The second kappa shape index (κ2) is 8.03. The van der Waals surface area contributed by atoms with E-state index in [0.29, 0.717) is 6.61 Å². The third kappa shape index (κ3) is 4.22. The standard InChI is InChI=1S/C19H20O3/c1-3-22-19(20)13-12-16-10-7-11-18(21-2)17(16)14-15-8-5-4-6-9-15/h4-13H,3,14H2,1-2H3/b13-12-. The maximum absolute atomic E-state index is 11.5. The minimum Gasteiger partial charge on any atom is -0.496 e. The summed E-state index contributed by atoms with van der Waals surface area (Å²) in [6, 6.07) is 16.0. The van der Waals surface area contributed by atoms with Crippen LogP contribution >= 0.6 is 0 Å². The number of carbonyl (C=O) groups is 1. The summed E-state index contributed by atoms with van der Waals surface area (Å²) in [6.45, 7) is 2.16. The Kier molecular flexibility index (Phi) is 5.78. The first kappa shape index (κ1) is 15.8. The lowest BCUT2D eigenvalue weighted by Gasteiger charge is -2.12. The van der Waals surface area contributed by atoms with Crippen LogP contribution in [0.25, 0.3) is 6.08 Å². The van der Waals surface area contributed by atoms with Crippen molar-refractivity contribution in [2.24, 2.45) is 0 Å². The van der Waals surface area contributed by atoms with Crippen molar-refractivity contribution in [3.05, 3.63) is 71.3 Å². The van der Waals surface area contributed by atoms with Crippen LogP contribution < -0.4 is 4.74 Å². The molecule has 0 radical (unpaired) electrons. The zero-order valence-corrected chi connectivity index (χ0v) is 12.9. The molecule has 0 fully saturated rings. The summed E-state index contributed by atoms with van der Waals surface area (Å²) in [4.78, 5) is 11.5. The van der Waals surface area contributed by atoms with E-state index in [4.69, 9.17) is 9.47 Å². The number of hydrogen-bond acceptors (Lipinski definition) is 3. The van der Waals surface area contributed by atoms with Gasteiger partial charge in [-0.25, -0.2) is 4.79 Å². The Morgan fingerprint density at radius 3 is 2.55 bits per heavy atom. The summed E-state index contributed by atoms with van der Waals surface area (Å²) in [5.74, 6) is 0.478. The molecule has 0 heterocycles. The second-order valence-corrected chi connectivity index (χ2v) is 4.78. The minimum atomic E-state index is -0.337. The number of esters is 1. The zero-order valence-electron chi connectivity index (χ0n) is 12.9. The quantitative estimate of drug-likeness (QED) is 0.600. The molecule has 114 valence electrons. The van der Waals surface area contributed by atoms with Crippen LogP contribution in [0.15, 0.2) is 54.6 Å². The van der Waals surface area contributed by atoms with E-state index in [1.54, 1.807) is 20.1 Å². The van der Waals surface area contributed by atoms with Crippen molar-refractivity contribution in [1.29, 1.82) is 0 Å². The van der Waals surface area contributed by atoms with E-state index in [0.717, 1.165) is 23.3 Å². The van der Waals surface area contributed by atoms with Crippen LogP contribution in [-0.2, 0) is 16.0 Å². The largest absolute Gasteiger partial charge is 0.496 e. The van der Waals surface area contributed by atoms with Gasteiger partial charge in [0.25, 0.3) is 0 Å². The highest BCUT2D eigenvalue weighted by molar-refractivity contribution is 5.87. The van der Waals surface area contributed by atoms with Crippen molar-refractivity contribution in [3.8, 4) is 5.75 Å². The topological polar surface area (TPSA) is 35.5 Å². The molecule has 2 rings (SSSR count). The lowest BCUT2D eigenvalue weighted by molar-refractivity contribution is -0.137. The van der Waals surface area contributed by atoms with Crippen LogP contribution in [0.2, 0.25) is 0 Å². The molecule has 0 aliphatic rings. The molecular weight excluding hydrogens is 276 g/mol. The maximum Gasteiger partial charge on any atom is 0.330 e. The monoisotopic (exact) mass is 296 g/mol. The highest BCUT2D eigenvalue weighted by atomic mass is 16.5. The Balaban J connectivity index is 2.31. The lowest BCUT2D eigenvalue weighted by atomic mass is 9.98. The molecule has 0 saturated carbocycles. The van der Waals surface area contributed by atoms with Crippen LogP contribution in [0.1, 0.15) is 23.6 Å². The lowest BCUT2D eigenvalue weighted by Crippen LogP contribution is -2.00. The first-order chi connectivity index (χ1) is 10.7. The molecule has 0 unspecified atom stereocenters. The number of ether oxygens (including phenoxy) is 2. The molecule has 0 N–H and O–H groups in total. The van der Waals surface area contributed by atoms with Gasteiger partial charge >= 0.3 is 5.97 Å². The van der Waals surface area contributed by atoms with Gasteiger partial charge in [0.1, 0.15) is 5.75 Å². The summed E-state index contributed by atoms with van der Waals surface area (Å²) in [6.07, 6.45) is 3.97. The number of hydrogen-bond donors (Lipinski definition) is 0.